The molecular weight excluding hydrogens is 407 g/mol. The Hall–Kier alpha value is -1.46. The lowest BCUT2D eigenvalue weighted by atomic mass is 10.1. The Balaban J connectivity index is 0.00000364. The number of nitrogens with two attached hydrogens (primary N) is 1. The lowest BCUT2D eigenvalue weighted by molar-refractivity contribution is -0.122. The molecule has 7 heteroatoms. The molecule has 0 radical (unpaired) electrons. The standard InChI is InChI=1S/C20H24Cl2N2O2.ClH/c1-2-3-19(23)20(25)24-11-10-14-4-7-16(8-5-14)26-13-15-6-9-17(21)18(22)12-15;/h4-9,12,19H,2-3,10-11,13,23H2,1H3,(H,24,25);1H. The van der Waals surface area contributed by atoms with Crippen LogP contribution in [0.3, 0.4) is 0 Å². The maximum atomic E-state index is 11.8. The second-order valence-corrected chi connectivity index (χ2v) is 6.93. The number of hydrogen-bond donors (Lipinski definition) is 2. The normalized spacial score (nSPS) is 11.4. The smallest absolute Gasteiger partial charge is 0.236 e. The van der Waals surface area contributed by atoms with Gasteiger partial charge in [0.05, 0.1) is 16.1 Å². The highest BCUT2D eigenvalue weighted by atomic mass is 35.5. The molecule has 0 saturated carbocycles. The Kier molecular flexibility index (Phi) is 10.6. The van der Waals surface area contributed by atoms with E-state index in [1.807, 2.05) is 37.3 Å². The van der Waals surface area contributed by atoms with Crippen LogP contribution >= 0.6 is 35.6 Å². The minimum atomic E-state index is -0.419. The van der Waals surface area contributed by atoms with Crippen molar-refractivity contribution in [3.63, 3.8) is 0 Å². The van der Waals surface area contributed by atoms with Gasteiger partial charge in [-0.1, -0.05) is 54.7 Å². The average Bonchev–Trinajstić information content (AvgIpc) is 2.64. The summed E-state index contributed by atoms with van der Waals surface area (Å²) in [5.74, 6) is 0.683. The quantitative estimate of drug-likeness (QED) is 0.600. The molecule has 0 aromatic heterocycles. The molecule has 1 atom stereocenters. The fraction of sp³-hybridized carbons (Fsp3) is 0.350. The Morgan fingerprint density at radius 1 is 1.11 bits per heavy atom. The molecule has 0 heterocycles. The van der Waals surface area contributed by atoms with E-state index in [9.17, 15) is 4.79 Å². The molecule has 2 aromatic carbocycles. The summed E-state index contributed by atoms with van der Waals surface area (Å²) in [5.41, 5.74) is 7.86. The third-order valence-corrected chi connectivity index (χ3v) is 4.70. The Morgan fingerprint density at radius 3 is 2.41 bits per heavy atom. The van der Waals surface area contributed by atoms with Gasteiger partial charge < -0.3 is 15.8 Å². The minimum Gasteiger partial charge on any atom is -0.489 e. The van der Waals surface area contributed by atoms with E-state index in [1.54, 1.807) is 12.1 Å². The van der Waals surface area contributed by atoms with E-state index in [0.29, 0.717) is 29.6 Å². The van der Waals surface area contributed by atoms with Crippen LogP contribution in [0.15, 0.2) is 42.5 Å². The highest BCUT2D eigenvalue weighted by molar-refractivity contribution is 6.42. The maximum absolute atomic E-state index is 11.8. The number of hydrogen-bond acceptors (Lipinski definition) is 3. The maximum Gasteiger partial charge on any atom is 0.236 e. The number of amides is 1. The van der Waals surface area contributed by atoms with E-state index in [0.717, 1.165) is 29.7 Å². The molecule has 148 valence electrons. The monoisotopic (exact) mass is 430 g/mol. The minimum absolute atomic E-state index is 0. The molecule has 27 heavy (non-hydrogen) atoms. The van der Waals surface area contributed by atoms with E-state index in [4.69, 9.17) is 33.7 Å². The SMILES string of the molecule is CCCC(N)C(=O)NCCc1ccc(OCc2ccc(Cl)c(Cl)c2)cc1.Cl. The molecule has 0 saturated heterocycles. The van der Waals surface area contributed by atoms with E-state index >= 15 is 0 Å². The number of halogens is 3. The number of benzene rings is 2. The highest BCUT2D eigenvalue weighted by Gasteiger charge is 2.11. The van der Waals surface area contributed by atoms with Gasteiger partial charge in [-0.25, -0.2) is 0 Å². The second kappa shape index (κ2) is 12.1. The molecule has 0 aliphatic carbocycles. The molecule has 1 amide bonds. The molecule has 1 unspecified atom stereocenters. The van der Waals surface area contributed by atoms with Crippen molar-refractivity contribution in [2.24, 2.45) is 5.73 Å². The Labute approximate surface area is 176 Å². The summed E-state index contributed by atoms with van der Waals surface area (Å²) >= 11 is 11.9. The van der Waals surface area contributed by atoms with Crippen molar-refractivity contribution in [1.29, 1.82) is 0 Å². The zero-order chi connectivity index (χ0) is 18.9. The van der Waals surface area contributed by atoms with Crippen LogP contribution in [-0.2, 0) is 17.8 Å². The summed E-state index contributed by atoms with van der Waals surface area (Å²) in [6, 6.07) is 12.8. The number of rotatable bonds is 9. The molecule has 4 nitrogen and oxygen atoms in total. The first kappa shape index (κ1) is 23.6. The van der Waals surface area contributed by atoms with Crippen LogP contribution in [0, 0.1) is 0 Å². The van der Waals surface area contributed by atoms with Crippen LogP contribution in [0.4, 0.5) is 0 Å². The summed E-state index contributed by atoms with van der Waals surface area (Å²) in [4.78, 5) is 11.8. The van der Waals surface area contributed by atoms with Crippen molar-refractivity contribution in [3.8, 4) is 5.75 Å². The summed E-state index contributed by atoms with van der Waals surface area (Å²) in [5, 5.41) is 3.92. The summed E-state index contributed by atoms with van der Waals surface area (Å²) in [7, 11) is 0. The van der Waals surface area contributed by atoms with Gasteiger partial charge in [-0.05, 0) is 48.2 Å². The predicted molar refractivity (Wildman–Crippen MR) is 114 cm³/mol. The molecule has 2 rings (SSSR count). The molecule has 0 fully saturated rings. The lowest BCUT2D eigenvalue weighted by Crippen LogP contribution is -2.41. The highest BCUT2D eigenvalue weighted by Crippen LogP contribution is 2.23. The van der Waals surface area contributed by atoms with Gasteiger partial charge in [0.2, 0.25) is 5.91 Å². The van der Waals surface area contributed by atoms with Crippen LogP contribution in [0.2, 0.25) is 10.0 Å². The van der Waals surface area contributed by atoms with Crippen molar-refractivity contribution in [1.82, 2.24) is 5.32 Å². The first-order chi connectivity index (χ1) is 12.5. The van der Waals surface area contributed by atoms with Crippen molar-refractivity contribution in [2.45, 2.75) is 38.8 Å². The average molecular weight is 432 g/mol. The van der Waals surface area contributed by atoms with Gasteiger partial charge in [0, 0.05) is 6.54 Å². The molecule has 2 aromatic rings. The summed E-state index contributed by atoms with van der Waals surface area (Å²) in [6.07, 6.45) is 2.35. The van der Waals surface area contributed by atoms with E-state index in [1.165, 1.54) is 0 Å². The van der Waals surface area contributed by atoms with E-state index in [-0.39, 0.29) is 18.3 Å². The van der Waals surface area contributed by atoms with Gasteiger partial charge in [-0.15, -0.1) is 12.4 Å². The van der Waals surface area contributed by atoms with Gasteiger partial charge in [-0.2, -0.15) is 0 Å². The molecule has 0 aliphatic rings. The van der Waals surface area contributed by atoms with Crippen molar-refractivity contribution in [3.05, 3.63) is 63.6 Å². The first-order valence-corrected chi connectivity index (χ1v) is 9.44. The van der Waals surface area contributed by atoms with Gasteiger partial charge >= 0.3 is 0 Å². The second-order valence-electron chi connectivity index (χ2n) is 6.12. The van der Waals surface area contributed by atoms with Gasteiger partial charge in [-0.3, -0.25) is 4.79 Å². The third kappa shape index (κ3) is 7.97. The molecular formula is C20H25Cl3N2O2. The Bertz CT molecular complexity index is 724. The van der Waals surface area contributed by atoms with Crippen LogP contribution < -0.4 is 15.8 Å². The topological polar surface area (TPSA) is 64.4 Å². The van der Waals surface area contributed by atoms with Crippen molar-refractivity contribution in [2.75, 3.05) is 6.54 Å². The first-order valence-electron chi connectivity index (χ1n) is 8.68. The number of carbonyl (C=O) groups excluding carboxylic acids is 1. The third-order valence-electron chi connectivity index (χ3n) is 3.96. The number of nitrogens with one attached hydrogen (secondary N) is 1. The summed E-state index contributed by atoms with van der Waals surface area (Å²) < 4.78 is 5.75. The largest absolute Gasteiger partial charge is 0.489 e. The molecule has 0 bridgehead atoms. The van der Waals surface area contributed by atoms with Crippen LogP contribution in [-0.4, -0.2) is 18.5 Å². The Morgan fingerprint density at radius 2 is 1.78 bits per heavy atom. The lowest BCUT2D eigenvalue weighted by Gasteiger charge is -2.11. The molecule has 3 N–H and O–H groups in total. The van der Waals surface area contributed by atoms with E-state index in [2.05, 4.69) is 5.32 Å². The zero-order valence-corrected chi connectivity index (χ0v) is 17.5. The predicted octanol–water partition coefficient (Wildman–Crippen LogP) is 4.78. The van der Waals surface area contributed by atoms with Crippen LogP contribution in [0.5, 0.6) is 5.75 Å². The molecule has 0 spiro atoms. The van der Waals surface area contributed by atoms with Crippen molar-refractivity contribution >= 4 is 41.5 Å². The van der Waals surface area contributed by atoms with Crippen LogP contribution in [0.25, 0.3) is 0 Å². The fourth-order valence-electron chi connectivity index (χ4n) is 2.45. The molecule has 0 aliphatic heterocycles. The zero-order valence-electron chi connectivity index (χ0n) is 15.2. The van der Waals surface area contributed by atoms with Crippen molar-refractivity contribution < 1.29 is 9.53 Å². The van der Waals surface area contributed by atoms with E-state index < -0.39 is 6.04 Å². The number of ether oxygens (including phenoxy) is 1. The van der Waals surface area contributed by atoms with Gasteiger partial charge in [0.15, 0.2) is 0 Å². The number of carbonyl (C=O) groups is 1. The summed E-state index contributed by atoms with van der Waals surface area (Å²) in [6.45, 7) is 3.00. The fourth-order valence-corrected chi connectivity index (χ4v) is 2.77. The van der Waals surface area contributed by atoms with Crippen LogP contribution in [0.1, 0.15) is 30.9 Å². The van der Waals surface area contributed by atoms with Gasteiger partial charge in [0.1, 0.15) is 12.4 Å². The van der Waals surface area contributed by atoms with Gasteiger partial charge in [0.25, 0.3) is 0 Å².